The van der Waals surface area contributed by atoms with Gasteiger partial charge in [-0.25, -0.2) is 21.6 Å². The summed E-state index contributed by atoms with van der Waals surface area (Å²) in [5.74, 6) is 1.15. The van der Waals surface area contributed by atoms with Crippen LogP contribution < -0.4 is 23.8 Å². The van der Waals surface area contributed by atoms with Gasteiger partial charge in [0.25, 0.3) is 0 Å². The molecule has 0 aromatic heterocycles. The van der Waals surface area contributed by atoms with Crippen LogP contribution in [-0.4, -0.2) is 87.9 Å². The first kappa shape index (κ1) is 27.5. The van der Waals surface area contributed by atoms with Crippen molar-refractivity contribution in [3.63, 3.8) is 0 Å². The molecule has 0 saturated carbocycles. The molecule has 204 valence electrons. The van der Waals surface area contributed by atoms with Gasteiger partial charge in [-0.15, -0.1) is 0 Å². The number of benzene rings is 2. The number of rotatable bonds is 10. The van der Waals surface area contributed by atoms with Gasteiger partial charge in [-0.2, -0.15) is 4.31 Å². The molecule has 1 atom stereocenters. The van der Waals surface area contributed by atoms with Crippen LogP contribution in [0, 0.1) is 0 Å². The van der Waals surface area contributed by atoms with Crippen LogP contribution in [0.2, 0.25) is 0 Å². The summed E-state index contributed by atoms with van der Waals surface area (Å²) in [6.45, 7) is 1.93. The monoisotopic (exact) mass is 555 g/mol. The van der Waals surface area contributed by atoms with E-state index < -0.39 is 20.0 Å². The zero-order chi connectivity index (χ0) is 26.6. The van der Waals surface area contributed by atoms with E-state index in [1.165, 1.54) is 37.8 Å². The fraction of sp³-hybridized carbons (Fsp3) is 0.500. The number of nitrogens with zero attached hydrogens (tertiary/aromatic N) is 2. The second-order valence-corrected chi connectivity index (χ2v) is 12.4. The van der Waals surface area contributed by atoms with Gasteiger partial charge in [0.2, 0.25) is 20.0 Å². The third-order valence-corrected chi connectivity index (χ3v) is 9.89. The van der Waals surface area contributed by atoms with Crippen molar-refractivity contribution in [1.82, 2.24) is 9.03 Å². The molecule has 2 fully saturated rings. The third kappa shape index (κ3) is 5.96. The van der Waals surface area contributed by atoms with Crippen LogP contribution in [0.15, 0.2) is 46.2 Å². The number of hydrogen-bond donors (Lipinski definition) is 1. The number of ether oxygens (including phenoxy) is 4. The summed E-state index contributed by atoms with van der Waals surface area (Å²) in [7, 11) is -3.22. The first-order chi connectivity index (χ1) is 17.7. The molecule has 2 aromatic rings. The maximum atomic E-state index is 13.4. The van der Waals surface area contributed by atoms with Crippen LogP contribution in [0.1, 0.15) is 12.8 Å². The van der Waals surface area contributed by atoms with Crippen molar-refractivity contribution in [3.8, 4) is 17.2 Å². The molecular weight excluding hydrogens is 522 g/mol. The summed E-state index contributed by atoms with van der Waals surface area (Å²) >= 11 is 0. The van der Waals surface area contributed by atoms with E-state index in [1.807, 2.05) is 4.90 Å². The molecule has 0 spiro atoms. The molecule has 2 aliphatic heterocycles. The Labute approximate surface area is 218 Å². The first-order valence-corrected chi connectivity index (χ1v) is 14.9. The van der Waals surface area contributed by atoms with Gasteiger partial charge in [0.15, 0.2) is 0 Å². The molecule has 2 saturated heterocycles. The van der Waals surface area contributed by atoms with Crippen molar-refractivity contribution in [1.29, 1.82) is 0 Å². The van der Waals surface area contributed by atoms with Crippen molar-refractivity contribution in [2.45, 2.75) is 28.7 Å². The predicted octanol–water partition coefficient (Wildman–Crippen LogP) is 1.68. The predicted molar refractivity (Wildman–Crippen MR) is 138 cm³/mol. The minimum Gasteiger partial charge on any atom is -0.497 e. The summed E-state index contributed by atoms with van der Waals surface area (Å²) < 4.78 is 78.2. The van der Waals surface area contributed by atoms with Gasteiger partial charge in [-0.3, -0.25) is 0 Å². The molecule has 2 heterocycles. The summed E-state index contributed by atoms with van der Waals surface area (Å²) in [5.41, 5.74) is 0.582. The zero-order valence-corrected chi connectivity index (χ0v) is 22.8. The Hall–Kier alpha value is -2.58. The van der Waals surface area contributed by atoms with Gasteiger partial charge in [0.05, 0.1) is 38.0 Å². The molecule has 2 aromatic carbocycles. The number of nitrogens with one attached hydrogen (secondary N) is 1. The summed E-state index contributed by atoms with van der Waals surface area (Å²) in [6, 6.07) is 9.31. The summed E-state index contributed by atoms with van der Waals surface area (Å²) in [4.78, 5) is 2.07. The lowest BCUT2D eigenvalue weighted by atomic mass is 10.2. The Morgan fingerprint density at radius 2 is 1.62 bits per heavy atom. The van der Waals surface area contributed by atoms with Gasteiger partial charge < -0.3 is 23.8 Å². The quantitative estimate of drug-likeness (QED) is 0.466. The Morgan fingerprint density at radius 3 is 2.24 bits per heavy atom. The topological polar surface area (TPSA) is 124 Å². The highest BCUT2D eigenvalue weighted by Gasteiger charge is 2.32. The largest absolute Gasteiger partial charge is 0.497 e. The molecule has 1 N–H and O–H groups in total. The highest BCUT2D eigenvalue weighted by Crippen LogP contribution is 2.34. The van der Waals surface area contributed by atoms with E-state index in [1.54, 1.807) is 24.3 Å². The number of anilines is 1. The van der Waals surface area contributed by atoms with Crippen molar-refractivity contribution in [3.05, 3.63) is 36.4 Å². The van der Waals surface area contributed by atoms with Crippen LogP contribution >= 0.6 is 0 Å². The van der Waals surface area contributed by atoms with Crippen molar-refractivity contribution in [2.24, 2.45) is 0 Å². The average Bonchev–Trinajstić information content (AvgIpc) is 3.45. The molecule has 0 aliphatic carbocycles. The van der Waals surface area contributed by atoms with Gasteiger partial charge in [0, 0.05) is 45.4 Å². The van der Waals surface area contributed by atoms with Crippen LogP contribution in [0.5, 0.6) is 17.2 Å². The number of piperazine rings is 1. The Bertz CT molecular complexity index is 1300. The molecule has 37 heavy (non-hydrogen) atoms. The van der Waals surface area contributed by atoms with Crippen molar-refractivity contribution >= 4 is 25.7 Å². The second-order valence-electron chi connectivity index (χ2n) is 8.73. The lowest BCUT2D eigenvalue weighted by molar-refractivity contribution is 0.114. The summed E-state index contributed by atoms with van der Waals surface area (Å²) in [5, 5.41) is 0. The van der Waals surface area contributed by atoms with Gasteiger partial charge >= 0.3 is 0 Å². The van der Waals surface area contributed by atoms with E-state index in [9.17, 15) is 16.8 Å². The molecule has 11 nitrogen and oxygen atoms in total. The van der Waals surface area contributed by atoms with Gasteiger partial charge in [-0.1, -0.05) is 0 Å². The van der Waals surface area contributed by atoms with E-state index in [2.05, 4.69) is 4.72 Å². The molecule has 13 heteroatoms. The summed E-state index contributed by atoms with van der Waals surface area (Å²) in [6.07, 6.45) is 1.63. The first-order valence-electron chi connectivity index (χ1n) is 12.0. The molecule has 0 amide bonds. The van der Waals surface area contributed by atoms with Crippen LogP contribution in [0.4, 0.5) is 5.69 Å². The minimum atomic E-state index is -3.85. The lowest BCUT2D eigenvalue weighted by Gasteiger charge is -2.36. The van der Waals surface area contributed by atoms with E-state index >= 15 is 0 Å². The van der Waals surface area contributed by atoms with E-state index in [4.69, 9.17) is 18.9 Å². The van der Waals surface area contributed by atoms with Crippen molar-refractivity contribution < 1.29 is 35.8 Å². The Balaban J connectivity index is 1.51. The fourth-order valence-electron chi connectivity index (χ4n) is 4.47. The number of hydrogen-bond acceptors (Lipinski definition) is 9. The minimum absolute atomic E-state index is 0.0331. The van der Waals surface area contributed by atoms with Gasteiger partial charge in [0.1, 0.15) is 22.1 Å². The van der Waals surface area contributed by atoms with Crippen molar-refractivity contribution in [2.75, 3.05) is 65.6 Å². The van der Waals surface area contributed by atoms with E-state index in [0.717, 1.165) is 12.8 Å². The van der Waals surface area contributed by atoms with Gasteiger partial charge in [-0.05, 0) is 43.2 Å². The molecule has 0 radical (unpaired) electrons. The highest BCUT2D eigenvalue weighted by atomic mass is 32.2. The lowest BCUT2D eigenvalue weighted by Crippen LogP contribution is -2.48. The second kappa shape index (κ2) is 11.4. The molecule has 0 bridgehead atoms. The fourth-order valence-corrected chi connectivity index (χ4v) is 7.15. The standard InChI is InChI=1S/C24H33N3O8S2/c1-32-18-6-8-23(34-3)24(15-18)37(30,31)27-12-10-26(11-13-27)21-16-20(7-9-22(21)33-2)36(28,29)25-17-19-5-4-14-35-19/h6-9,15-16,19,25H,4-5,10-14,17H2,1-3H3/t19-/m0/s1. The normalized spacial score (nSPS) is 19.1. The zero-order valence-electron chi connectivity index (χ0n) is 21.2. The molecule has 2 aliphatic rings. The number of methoxy groups -OCH3 is 3. The maximum absolute atomic E-state index is 13.4. The molecule has 4 rings (SSSR count). The van der Waals surface area contributed by atoms with Crippen LogP contribution in [0.3, 0.4) is 0 Å². The third-order valence-electron chi connectivity index (χ3n) is 6.55. The Kier molecular flexibility index (Phi) is 8.49. The maximum Gasteiger partial charge on any atom is 0.247 e. The number of sulfonamides is 2. The van der Waals surface area contributed by atoms with Crippen LogP contribution in [0.25, 0.3) is 0 Å². The average molecular weight is 556 g/mol. The SMILES string of the molecule is COc1ccc(OC)c(S(=O)(=O)N2CCN(c3cc(S(=O)(=O)NC[C@@H]4CCCO4)ccc3OC)CC2)c1. The van der Waals surface area contributed by atoms with E-state index in [-0.39, 0.29) is 41.3 Å². The van der Waals surface area contributed by atoms with Crippen LogP contribution in [-0.2, 0) is 24.8 Å². The highest BCUT2D eigenvalue weighted by molar-refractivity contribution is 7.89. The smallest absolute Gasteiger partial charge is 0.247 e. The molecule has 0 unspecified atom stereocenters. The molecular formula is C24H33N3O8S2. The Morgan fingerprint density at radius 1 is 0.919 bits per heavy atom. The van der Waals surface area contributed by atoms with E-state index in [0.29, 0.717) is 36.9 Å².